The number of nitrogens with zero attached hydrogens (tertiary/aromatic N) is 4. The van der Waals surface area contributed by atoms with Crippen molar-refractivity contribution in [2.24, 2.45) is 5.92 Å². The van der Waals surface area contributed by atoms with Gasteiger partial charge in [-0.05, 0) is 70.4 Å². The Kier molecular flexibility index (Phi) is 10.3. The molecule has 7 rings (SSSR count). The number of sulfonamides is 1. The van der Waals surface area contributed by atoms with Crippen molar-refractivity contribution >= 4 is 50.1 Å². The van der Waals surface area contributed by atoms with E-state index in [2.05, 4.69) is 10.0 Å². The van der Waals surface area contributed by atoms with E-state index in [0.717, 1.165) is 18.5 Å². The fraction of sp³-hybridized carbons (Fsp3) is 0.553. The van der Waals surface area contributed by atoms with E-state index in [1.807, 2.05) is 31.4 Å². The summed E-state index contributed by atoms with van der Waals surface area (Å²) in [5, 5.41) is 5.90. The third-order valence-electron chi connectivity index (χ3n) is 11.2. The minimum atomic E-state index is -3.98. The summed E-state index contributed by atoms with van der Waals surface area (Å²) in [4.78, 5) is 54.5. The van der Waals surface area contributed by atoms with E-state index in [4.69, 9.17) is 19.4 Å². The lowest BCUT2D eigenvalue weighted by atomic mass is 10.1. The second-order valence-electron chi connectivity index (χ2n) is 15.6. The average molecular weight is 801 g/mol. The number of allylic oxidation sites excluding steroid dienone is 1. The van der Waals surface area contributed by atoms with Gasteiger partial charge in [-0.2, -0.15) is 8.78 Å². The standard InChI is InChI=1S/C38H46F2N6O7S2/c1-21(2)27-20-54-32(42-27)26-17-30(25-11-12-29(53-35(39)40)22(3)31(25)41-26)52-24-16-28-33(47)45(5)15-9-7-6-8-10-23-18-38(23,43-36(49)46(28)19-24)34(48)44-55(50,51)37(4)13-14-37/h8,10-12,17,20-21,23-24,28,35H,6-7,9,13-16,18-19H2,1-5H3,(H,43,49)(H,44,48)/b10-8-/t23-,24+,28+,38-/m1/s1. The Hall–Kier alpha value is -4.38. The summed E-state index contributed by atoms with van der Waals surface area (Å²) < 4.78 is 65.5. The number of urea groups is 1. The molecule has 55 heavy (non-hydrogen) atoms. The van der Waals surface area contributed by atoms with E-state index in [1.165, 1.54) is 22.3 Å². The Labute approximate surface area is 322 Å². The Balaban J connectivity index is 1.22. The number of rotatable bonds is 9. The van der Waals surface area contributed by atoms with Gasteiger partial charge in [0.15, 0.2) is 0 Å². The minimum absolute atomic E-state index is 0.0355. The Morgan fingerprint density at radius 3 is 2.60 bits per heavy atom. The first-order valence-corrected chi connectivity index (χ1v) is 21.0. The summed E-state index contributed by atoms with van der Waals surface area (Å²) in [5.74, 6) is -1.04. The van der Waals surface area contributed by atoms with Gasteiger partial charge in [0.05, 0.1) is 22.5 Å². The molecule has 0 bridgehead atoms. The SMILES string of the molecule is Cc1c(OC(F)F)ccc2c(O[C@H]3C[C@H]4C(=O)N(C)CCCC/C=C\[C@@H]5C[C@@]5(C(=O)NS(=O)(=O)C5(C)CC5)NC(=O)N4C3)cc(-c3nc(C(C)C)cs3)nc12. The van der Waals surface area contributed by atoms with Gasteiger partial charge >= 0.3 is 12.6 Å². The number of carbonyl (C=O) groups is 3. The average Bonchev–Trinajstić information content (AvgIpc) is 3.90. The van der Waals surface area contributed by atoms with E-state index in [9.17, 15) is 31.6 Å². The van der Waals surface area contributed by atoms with E-state index < -0.39 is 56.9 Å². The van der Waals surface area contributed by atoms with Crippen molar-refractivity contribution in [3.8, 4) is 22.2 Å². The summed E-state index contributed by atoms with van der Waals surface area (Å²) in [6.45, 7) is 4.66. The molecular formula is C38H46F2N6O7S2. The molecule has 2 aliphatic carbocycles. The summed E-state index contributed by atoms with van der Waals surface area (Å²) in [6, 6.07) is 3.10. The van der Waals surface area contributed by atoms with Crippen molar-refractivity contribution in [1.29, 1.82) is 0 Å². The molecule has 2 N–H and O–H groups in total. The second-order valence-corrected chi connectivity index (χ2v) is 18.7. The molecule has 2 saturated carbocycles. The van der Waals surface area contributed by atoms with Gasteiger partial charge in [0.1, 0.15) is 39.9 Å². The zero-order valence-electron chi connectivity index (χ0n) is 31.4. The Morgan fingerprint density at radius 2 is 1.91 bits per heavy atom. The van der Waals surface area contributed by atoms with Crippen LogP contribution in [0.5, 0.6) is 11.5 Å². The van der Waals surface area contributed by atoms with Crippen LogP contribution in [-0.2, 0) is 19.6 Å². The molecule has 2 aliphatic heterocycles. The second kappa shape index (κ2) is 14.6. The quantitative estimate of drug-likeness (QED) is 0.252. The maximum atomic E-state index is 14.3. The molecule has 4 heterocycles. The summed E-state index contributed by atoms with van der Waals surface area (Å²) in [6.07, 6.45) is 6.48. The highest BCUT2D eigenvalue weighted by Gasteiger charge is 2.63. The lowest BCUT2D eigenvalue weighted by molar-refractivity contribution is -0.134. The molecule has 4 atom stereocenters. The molecule has 4 aliphatic rings. The molecule has 3 fully saturated rings. The molecule has 296 valence electrons. The fourth-order valence-corrected chi connectivity index (χ4v) is 9.51. The zero-order valence-corrected chi connectivity index (χ0v) is 33.1. The molecular weight excluding hydrogens is 755 g/mol. The number of amides is 4. The summed E-state index contributed by atoms with van der Waals surface area (Å²) in [7, 11) is -2.29. The summed E-state index contributed by atoms with van der Waals surface area (Å²) in [5.41, 5.74) is 0.557. The van der Waals surface area contributed by atoms with Crippen molar-refractivity contribution in [3.05, 3.63) is 47.0 Å². The lowest BCUT2D eigenvalue weighted by Crippen LogP contribution is -2.58. The summed E-state index contributed by atoms with van der Waals surface area (Å²) >= 11 is 1.39. The first-order valence-electron chi connectivity index (χ1n) is 18.6. The number of alkyl halides is 2. The lowest BCUT2D eigenvalue weighted by Gasteiger charge is -2.30. The fourth-order valence-electron chi connectivity index (χ4n) is 7.26. The molecule has 13 nitrogen and oxygen atoms in total. The Morgan fingerprint density at radius 1 is 1.15 bits per heavy atom. The number of hydrogen-bond donors (Lipinski definition) is 2. The van der Waals surface area contributed by atoms with Crippen LogP contribution in [0.2, 0.25) is 0 Å². The smallest absolute Gasteiger partial charge is 0.387 e. The highest BCUT2D eigenvalue weighted by Crippen LogP contribution is 2.48. The maximum absolute atomic E-state index is 14.3. The van der Waals surface area contributed by atoms with Crippen LogP contribution in [0, 0.1) is 12.8 Å². The number of ether oxygens (including phenoxy) is 2. The molecule has 1 saturated heterocycles. The van der Waals surface area contributed by atoms with Crippen molar-refractivity contribution in [2.75, 3.05) is 20.1 Å². The molecule has 3 aromatic rings. The van der Waals surface area contributed by atoms with E-state index >= 15 is 0 Å². The van der Waals surface area contributed by atoms with Crippen molar-refractivity contribution in [3.63, 3.8) is 0 Å². The van der Waals surface area contributed by atoms with Gasteiger partial charge < -0.3 is 24.6 Å². The largest absolute Gasteiger partial charge is 0.488 e. The monoisotopic (exact) mass is 800 g/mol. The number of halogens is 2. The number of likely N-dealkylation sites (N-methyl/N-ethyl adjacent to an activating group) is 1. The Bertz CT molecular complexity index is 2160. The number of thiazole rings is 1. The van der Waals surface area contributed by atoms with E-state index in [1.54, 1.807) is 37.9 Å². The number of hydrogen-bond acceptors (Lipinski definition) is 10. The minimum Gasteiger partial charge on any atom is -0.488 e. The molecule has 0 radical (unpaired) electrons. The van der Waals surface area contributed by atoms with Crippen molar-refractivity contribution < 1.29 is 41.1 Å². The van der Waals surface area contributed by atoms with Crippen LogP contribution in [0.25, 0.3) is 21.6 Å². The van der Waals surface area contributed by atoms with Crippen LogP contribution >= 0.6 is 11.3 Å². The van der Waals surface area contributed by atoms with Crippen molar-refractivity contribution in [2.45, 2.75) is 108 Å². The van der Waals surface area contributed by atoms with Crippen LogP contribution in [0.15, 0.2) is 35.7 Å². The normalized spacial score (nSPS) is 25.9. The predicted octanol–water partition coefficient (Wildman–Crippen LogP) is 5.88. The molecule has 0 spiro atoms. The third-order valence-corrected chi connectivity index (χ3v) is 14.3. The van der Waals surface area contributed by atoms with Gasteiger partial charge in [0.2, 0.25) is 15.9 Å². The molecule has 2 aromatic heterocycles. The molecule has 4 amide bonds. The molecule has 17 heteroatoms. The third kappa shape index (κ3) is 7.61. The molecule has 0 unspecified atom stereocenters. The number of pyridine rings is 1. The number of benzene rings is 1. The van der Waals surface area contributed by atoms with Gasteiger partial charge in [-0.25, -0.2) is 23.2 Å². The molecule has 1 aromatic carbocycles. The van der Waals surface area contributed by atoms with Crippen LogP contribution in [-0.4, -0.2) is 95.2 Å². The number of fused-ring (bicyclic) bond motifs is 3. The number of aryl methyl sites for hydroxylation is 1. The van der Waals surface area contributed by atoms with Crippen molar-refractivity contribution in [1.82, 2.24) is 29.8 Å². The van der Waals surface area contributed by atoms with Gasteiger partial charge in [-0.3, -0.25) is 14.3 Å². The van der Waals surface area contributed by atoms with E-state index in [-0.39, 0.29) is 37.0 Å². The van der Waals surface area contributed by atoms with Gasteiger partial charge in [0, 0.05) is 48.3 Å². The first-order chi connectivity index (χ1) is 26.0. The number of nitrogens with one attached hydrogen (secondary N) is 2. The van der Waals surface area contributed by atoms with Crippen LogP contribution in [0.1, 0.15) is 82.9 Å². The van der Waals surface area contributed by atoms with Gasteiger partial charge in [-0.1, -0.05) is 26.0 Å². The first kappa shape index (κ1) is 38.9. The maximum Gasteiger partial charge on any atom is 0.387 e. The highest BCUT2D eigenvalue weighted by molar-refractivity contribution is 7.91. The number of carbonyl (C=O) groups excluding carboxylic acids is 3. The van der Waals surface area contributed by atoms with E-state index in [0.29, 0.717) is 58.7 Å². The number of aromatic nitrogens is 2. The van der Waals surface area contributed by atoms with Crippen LogP contribution in [0.3, 0.4) is 0 Å². The van der Waals surface area contributed by atoms with Crippen LogP contribution < -0.4 is 19.5 Å². The predicted molar refractivity (Wildman–Crippen MR) is 203 cm³/mol. The zero-order chi connectivity index (χ0) is 39.4. The van der Waals surface area contributed by atoms with Crippen LogP contribution in [0.4, 0.5) is 13.6 Å². The van der Waals surface area contributed by atoms with Gasteiger partial charge in [-0.15, -0.1) is 11.3 Å². The highest BCUT2D eigenvalue weighted by atomic mass is 32.2. The topological polar surface area (TPSA) is 160 Å². The van der Waals surface area contributed by atoms with Gasteiger partial charge in [0.25, 0.3) is 5.91 Å².